The summed E-state index contributed by atoms with van der Waals surface area (Å²) in [6, 6.07) is 14.6. The Bertz CT molecular complexity index is 1290. The highest BCUT2D eigenvalue weighted by atomic mass is 16.1. The standard InChI is InChI=1S/C23H25N7O/c1-15-8-9-18-20(14-15)30-22(26-27-23(30)24-17(3)31)21(25-18)29-12-10-28(11-13-29)19-7-5-4-6-16(19)2/h4-9,14H,10-13H2,1-3H3,(H,24,27,31). The number of fused-ring (bicyclic) bond motifs is 3. The second-order valence-corrected chi connectivity index (χ2v) is 8.05. The number of nitrogens with zero attached hydrogens (tertiary/aromatic N) is 6. The van der Waals surface area contributed by atoms with Crippen LogP contribution in [0.5, 0.6) is 0 Å². The number of para-hydroxylation sites is 1. The van der Waals surface area contributed by atoms with Crippen molar-refractivity contribution in [2.24, 2.45) is 0 Å². The lowest BCUT2D eigenvalue weighted by molar-refractivity contribution is -0.114. The number of aromatic nitrogens is 4. The predicted octanol–water partition coefficient (Wildman–Crippen LogP) is 3.18. The fourth-order valence-electron chi connectivity index (χ4n) is 4.26. The highest BCUT2D eigenvalue weighted by Crippen LogP contribution is 2.29. The van der Waals surface area contributed by atoms with Gasteiger partial charge in [-0.1, -0.05) is 24.3 Å². The van der Waals surface area contributed by atoms with Gasteiger partial charge in [-0.25, -0.2) is 4.98 Å². The van der Waals surface area contributed by atoms with Crippen molar-refractivity contribution < 1.29 is 4.79 Å². The molecule has 0 atom stereocenters. The van der Waals surface area contributed by atoms with Crippen molar-refractivity contribution in [2.75, 3.05) is 41.3 Å². The molecule has 0 spiro atoms. The van der Waals surface area contributed by atoms with E-state index in [9.17, 15) is 4.79 Å². The molecule has 3 heterocycles. The molecule has 31 heavy (non-hydrogen) atoms. The topological polar surface area (TPSA) is 78.7 Å². The van der Waals surface area contributed by atoms with Crippen LogP contribution < -0.4 is 15.1 Å². The van der Waals surface area contributed by atoms with Crippen molar-refractivity contribution in [3.63, 3.8) is 0 Å². The van der Waals surface area contributed by atoms with Crippen LogP contribution in [0.4, 0.5) is 17.5 Å². The van der Waals surface area contributed by atoms with E-state index in [-0.39, 0.29) is 5.91 Å². The van der Waals surface area contributed by atoms with Crippen LogP contribution in [-0.4, -0.2) is 51.7 Å². The summed E-state index contributed by atoms with van der Waals surface area (Å²) in [6.45, 7) is 9.12. The van der Waals surface area contributed by atoms with Gasteiger partial charge in [0.05, 0.1) is 11.0 Å². The summed E-state index contributed by atoms with van der Waals surface area (Å²) in [5.41, 5.74) is 6.07. The number of hydrogen-bond acceptors (Lipinski definition) is 6. The zero-order chi connectivity index (χ0) is 21.5. The number of piperazine rings is 1. The van der Waals surface area contributed by atoms with Gasteiger partial charge in [0, 0.05) is 38.8 Å². The van der Waals surface area contributed by atoms with E-state index in [2.05, 4.69) is 56.5 Å². The van der Waals surface area contributed by atoms with Gasteiger partial charge in [-0.3, -0.25) is 14.5 Å². The molecule has 0 saturated carbocycles. The second kappa shape index (κ2) is 7.54. The molecule has 2 aromatic heterocycles. The van der Waals surface area contributed by atoms with Crippen molar-refractivity contribution in [3.8, 4) is 0 Å². The number of hydrogen-bond donors (Lipinski definition) is 1. The van der Waals surface area contributed by atoms with Crippen LogP contribution in [-0.2, 0) is 4.79 Å². The summed E-state index contributed by atoms with van der Waals surface area (Å²) < 4.78 is 1.90. The maximum Gasteiger partial charge on any atom is 0.236 e. The molecule has 158 valence electrons. The van der Waals surface area contributed by atoms with Crippen LogP contribution in [0, 0.1) is 13.8 Å². The quantitative estimate of drug-likeness (QED) is 0.554. The van der Waals surface area contributed by atoms with E-state index in [0.29, 0.717) is 11.6 Å². The Hall–Kier alpha value is -3.68. The monoisotopic (exact) mass is 415 g/mol. The van der Waals surface area contributed by atoms with Crippen molar-refractivity contribution in [1.29, 1.82) is 0 Å². The molecule has 8 nitrogen and oxygen atoms in total. The normalized spacial score (nSPS) is 14.4. The lowest BCUT2D eigenvalue weighted by atomic mass is 10.1. The molecule has 1 saturated heterocycles. The first-order valence-electron chi connectivity index (χ1n) is 10.5. The Morgan fingerprint density at radius 2 is 1.71 bits per heavy atom. The first-order valence-corrected chi connectivity index (χ1v) is 10.5. The van der Waals surface area contributed by atoms with Crippen molar-refractivity contribution in [3.05, 3.63) is 53.6 Å². The Kier molecular flexibility index (Phi) is 4.69. The number of aryl methyl sites for hydroxylation is 2. The minimum absolute atomic E-state index is 0.180. The highest BCUT2D eigenvalue weighted by molar-refractivity contribution is 5.90. The van der Waals surface area contributed by atoms with E-state index in [0.717, 1.165) is 48.6 Å². The van der Waals surface area contributed by atoms with E-state index < -0.39 is 0 Å². The molecule has 1 amide bonds. The van der Waals surface area contributed by atoms with E-state index >= 15 is 0 Å². The summed E-state index contributed by atoms with van der Waals surface area (Å²) in [6.07, 6.45) is 0. The highest BCUT2D eigenvalue weighted by Gasteiger charge is 2.24. The largest absolute Gasteiger partial charge is 0.368 e. The summed E-state index contributed by atoms with van der Waals surface area (Å²) in [7, 11) is 0. The Balaban J connectivity index is 1.54. The zero-order valence-electron chi connectivity index (χ0n) is 18.0. The van der Waals surface area contributed by atoms with Gasteiger partial charge in [0.1, 0.15) is 0 Å². The molecule has 8 heteroatoms. The molecule has 2 aromatic carbocycles. The number of anilines is 3. The fraction of sp³-hybridized carbons (Fsp3) is 0.304. The number of rotatable bonds is 3. The van der Waals surface area contributed by atoms with Gasteiger partial charge in [0.25, 0.3) is 0 Å². The Morgan fingerprint density at radius 3 is 2.45 bits per heavy atom. The number of carbonyl (C=O) groups excluding carboxylic acids is 1. The van der Waals surface area contributed by atoms with Crippen LogP contribution in [0.3, 0.4) is 0 Å². The third-order valence-electron chi connectivity index (χ3n) is 5.78. The van der Waals surface area contributed by atoms with Crippen LogP contribution in [0.25, 0.3) is 16.7 Å². The third kappa shape index (κ3) is 3.43. The van der Waals surface area contributed by atoms with Crippen LogP contribution in [0.2, 0.25) is 0 Å². The van der Waals surface area contributed by atoms with Gasteiger partial charge in [0.2, 0.25) is 17.5 Å². The molecule has 0 unspecified atom stereocenters. The van der Waals surface area contributed by atoms with Crippen LogP contribution >= 0.6 is 0 Å². The van der Waals surface area contributed by atoms with E-state index in [1.54, 1.807) is 0 Å². The predicted molar refractivity (Wildman–Crippen MR) is 123 cm³/mol. The lowest BCUT2D eigenvalue weighted by Gasteiger charge is -2.37. The maximum absolute atomic E-state index is 11.7. The molecule has 1 aliphatic rings. The minimum atomic E-state index is -0.180. The Labute approximate surface area is 180 Å². The molecule has 1 aliphatic heterocycles. The van der Waals surface area contributed by atoms with Crippen LogP contribution in [0.15, 0.2) is 42.5 Å². The van der Waals surface area contributed by atoms with Gasteiger partial charge in [-0.05, 0) is 43.2 Å². The zero-order valence-corrected chi connectivity index (χ0v) is 18.0. The van der Waals surface area contributed by atoms with Gasteiger partial charge in [0.15, 0.2) is 5.82 Å². The van der Waals surface area contributed by atoms with Gasteiger partial charge >= 0.3 is 0 Å². The molecule has 0 radical (unpaired) electrons. The first kappa shape index (κ1) is 19.3. The van der Waals surface area contributed by atoms with Crippen LogP contribution in [0.1, 0.15) is 18.1 Å². The van der Waals surface area contributed by atoms with E-state index in [1.165, 1.54) is 18.2 Å². The fourth-order valence-corrected chi connectivity index (χ4v) is 4.26. The van der Waals surface area contributed by atoms with Crippen molar-refractivity contribution in [1.82, 2.24) is 19.6 Å². The molecule has 5 rings (SSSR count). The third-order valence-corrected chi connectivity index (χ3v) is 5.78. The average Bonchev–Trinajstić information content (AvgIpc) is 3.17. The smallest absolute Gasteiger partial charge is 0.236 e. The molecule has 1 N–H and O–H groups in total. The summed E-state index contributed by atoms with van der Waals surface area (Å²) >= 11 is 0. The summed E-state index contributed by atoms with van der Waals surface area (Å²) in [5.74, 6) is 1.03. The molecule has 0 aliphatic carbocycles. The number of benzene rings is 2. The number of carbonyl (C=O) groups is 1. The van der Waals surface area contributed by atoms with Gasteiger partial charge < -0.3 is 9.80 Å². The molecular formula is C23H25N7O. The molecule has 0 bridgehead atoms. The summed E-state index contributed by atoms with van der Waals surface area (Å²) in [5, 5.41) is 11.4. The van der Waals surface area contributed by atoms with Crippen molar-refractivity contribution >= 4 is 40.0 Å². The molecule has 4 aromatic rings. The SMILES string of the molecule is CC(=O)Nc1nnc2c(N3CCN(c4ccccc4C)CC3)nc3ccc(C)cc3n12. The number of amides is 1. The van der Waals surface area contributed by atoms with E-state index in [4.69, 9.17) is 4.98 Å². The summed E-state index contributed by atoms with van der Waals surface area (Å²) in [4.78, 5) is 21.3. The molecular weight excluding hydrogens is 390 g/mol. The van der Waals surface area contributed by atoms with Gasteiger partial charge in [-0.15, -0.1) is 10.2 Å². The first-order chi connectivity index (χ1) is 15.0. The second-order valence-electron chi connectivity index (χ2n) is 8.05. The number of nitrogens with one attached hydrogen (secondary N) is 1. The van der Waals surface area contributed by atoms with Crippen molar-refractivity contribution in [2.45, 2.75) is 20.8 Å². The minimum Gasteiger partial charge on any atom is -0.368 e. The van der Waals surface area contributed by atoms with Gasteiger partial charge in [-0.2, -0.15) is 0 Å². The average molecular weight is 416 g/mol. The van der Waals surface area contributed by atoms with E-state index in [1.807, 2.05) is 29.5 Å². The maximum atomic E-state index is 11.7. The Morgan fingerprint density at radius 1 is 0.968 bits per heavy atom. The lowest BCUT2D eigenvalue weighted by Crippen LogP contribution is -2.47. The molecule has 1 fully saturated rings.